The van der Waals surface area contributed by atoms with Crippen molar-refractivity contribution in [3.8, 4) is 0 Å². The number of likely N-dealkylation sites (tertiary alicyclic amines) is 1. The number of hydrogen-bond acceptors (Lipinski definition) is 2. The molecule has 0 bridgehead atoms. The molecular formula is C16H23FN2. The lowest BCUT2D eigenvalue weighted by atomic mass is 9.89. The summed E-state index contributed by atoms with van der Waals surface area (Å²) in [7, 11) is 0. The van der Waals surface area contributed by atoms with Gasteiger partial charge in [0.1, 0.15) is 5.82 Å². The molecule has 1 N–H and O–H groups in total. The average molecular weight is 262 g/mol. The summed E-state index contributed by atoms with van der Waals surface area (Å²) in [5.74, 6) is 0.527. The Morgan fingerprint density at radius 2 is 1.89 bits per heavy atom. The molecule has 2 aliphatic rings. The molecule has 0 amide bonds. The minimum atomic E-state index is -0.0112. The van der Waals surface area contributed by atoms with Crippen molar-refractivity contribution in [3.63, 3.8) is 0 Å². The maximum Gasteiger partial charge on any atom is 0.127 e. The molecule has 1 aromatic rings. The van der Waals surface area contributed by atoms with Crippen LogP contribution in [0, 0.1) is 5.82 Å². The van der Waals surface area contributed by atoms with Crippen LogP contribution in [-0.2, 0) is 6.54 Å². The standard InChI is InChI=1S/C16H23FN2/c17-16-11-14(13-5-7-18-8-6-13)3-4-15(16)12-19-9-1-2-10-19/h3-4,11,13,18H,1-2,5-10,12H2. The lowest BCUT2D eigenvalue weighted by Crippen LogP contribution is -2.26. The SMILES string of the molecule is Fc1cc(C2CCNCC2)ccc1CN1CCCC1. The van der Waals surface area contributed by atoms with E-state index in [1.807, 2.05) is 6.07 Å². The van der Waals surface area contributed by atoms with Gasteiger partial charge in [-0.05, 0) is 69.4 Å². The van der Waals surface area contributed by atoms with E-state index in [9.17, 15) is 4.39 Å². The summed E-state index contributed by atoms with van der Waals surface area (Å²) >= 11 is 0. The van der Waals surface area contributed by atoms with Crippen LogP contribution in [0.5, 0.6) is 0 Å². The molecule has 0 atom stereocenters. The number of halogens is 1. The topological polar surface area (TPSA) is 15.3 Å². The first-order valence-corrected chi connectivity index (χ1v) is 7.54. The second kappa shape index (κ2) is 6.02. The Labute approximate surface area is 115 Å². The van der Waals surface area contributed by atoms with Gasteiger partial charge in [-0.3, -0.25) is 4.90 Å². The van der Waals surface area contributed by atoms with Crippen molar-refractivity contribution in [2.24, 2.45) is 0 Å². The van der Waals surface area contributed by atoms with Crippen LogP contribution in [0.15, 0.2) is 18.2 Å². The minimum absolute atomic E-state index is 0.0112. The van der Waals surface area contributed by atoms with Gasteiger partial charge < -0.3 is 5.32 Å². The van der Waals surface area contributed by atoms with Crippen molar-refractivity contribution in [1.29, 1.82) is 0 Å². The van der Waals surface area contributed by atoms with Crippen molar-refractivity contribution < 1.29 is 4.39 Å². The van der Waals surface area contributed by atoms with Crippen LogP contribution in [0.3, 0.4) is 0 Å². The van der Waals surface area contributed by atoms with Gasteiger partial charge in [0.15, 0.2) is 0 Å². The maximum atomic E-state index is 14.2. The van der Waals surface area contributed by atoms with E-state index in [0.29, 0.717) is 5.92 Å². The van der Waals surface area contributed by atoms with Gasteiger partial charge in [-0.2, -0.15) is 0 Å². The molecule has 2 heterocycles. The highest BCUT2D eigenvalue weighted by Gasteiger charge is 2.18. The quantitative estimate of drug-likeness (QED) is 0.901. The number of nitrogens with one attached hydrogen (secondary N) is 1. The molecule has 3 rings (SSSR count). The predicted molar refractivity (Wildman–Crippen MR) is 75.8 cm³/mol. The first-order chi connectivity index (χ1) is 9.33. The first kappa shape index (κ1) is 13.1. The summed E-state index contributed by atoms with van der Waals surface area (Å²) in [5.41, 5.74) is 2.05. The molecule has 104 valence electrons. The lowest BCUT2D eigenvalue weighted by Gasteiger charge is -2.23. The number of benzene rings is 1. The summed E-state index contributed by atoms with van der Waals surface area (Å²) < 4.78 is 14.2. The fourth-order valence-electron chi connectivity index (χ4n) is 3.28. The van der Waals surface area contributed by atoms with E-state index in [1.165, 1.54) is 18.4 Å². The van der Waals surface area contributed by atoms with E-state index >= 15 is 0 Å². The van der Waals surface area contributed by atoms with Gasteiger partial charge in [-0.1, -0.05) is 12.1 Å². The Morgan fingerprint density at radius 3 is 2.58 bits per heavy atom. The molecule has 1 aromatic carbocycles. The fourth-order valence-corrected chi connectivity index (χ4v) is 3.28. The third kappa shape index (κ3) is 3.15. The number of hydrogen-bond donors (Lipinski definition) is 1. The molecule has 2 nitrogen and oxygen atoms in total. The largest absolute Gasteiger partial charge is 0.317 e. The normalized spacial score (nSPS) is 21.9. The van der Waals surface area contributed by atoms with Crippen LogP contribution in [0.25, 0.3) is 0 Å². The van der Waals surface area contributed by atoms with E-state index in [-0.39, 0.29) is 5.82 Å². The van der Waals surface area contributed by atoms with Crippen molar-refractivity contribution in [2.75, 3.05) is 26.2 Å². The Hall–Kier alpha value is -0.930. The smallest absolute Gasteiger partial charge is 0.127 e. The van der Waals surface area contributed by atoms with Crippen molar-refractivity contribution in [3.05, 3.63) is 35.1 Å². The Bertz CT molecular complexity index is 421. The summed E-state index contributed by atoms with van der Waals surface area (Å²) in [5, 5.41) is 3.36. The summed E-state index contributed by atoms with van der Waals surface area (Å²) in [4.78, 5) is 2.35. The molecule has 2 fully saturated rings. The highest BCUT2D eigenvalue weighted by molar-refractivity contribution is 5.27. The van der Waals surface area contributed by atoms with Crippen LogP contribution in [-0.4, -0.2) is 31.1 Å². The monoisotopic (exact) mass is 262 g/mol. The Morgan fingerprint density at radius 1 is 1.16 bits per heavy atom. The highest BCUT2D eigenvalue weighted by Crippen LogP contribution is 2.27. The van der Waals surface area contributed by atoms with Gasteiger partial charge >= 0.3 is 0 Å². The molecule has 0 radical (unpaired) electrons. The maximum absolute atomic E-state index is 14.2. The van der Waals surface area contributed by atoms with Crippen LogP contribution >= 0.6 is 0 Å². The molecule has 0 aromatic heterocycles. The lowest BCUT2D eigenvalue weighted by molar-refractivity contribution is 0.325. The van der Waals surface area contributed by atoms with Gasteiger partial charge in [0, 0.05) is 12.1 Å². The summed E-state index contributed by atoms with van der Waals surface area (Å²) in [6.07, 6.45) is 4.78. The van der Waals surface area contributed by atoms with E-state index in [4.69, 9.17) is 0 Å². The van der Waals surface area contributed by atoms with Crippen LogP contribution < -0.4 is 5.32 Å². The number of nitrogens with zero attached hydrogens (tertiary/aromatic N) is 1. The molecule has 0 aliphatic carbocycles. The molecular weight excluding hydrogens is 239 g/mol. The van der Waals surface area contributed by atoms with Crippen LogP contribution in [0.4, 0.5) is 4.39 Å². The molecule has 3 heteroatoms. The van der Waals surface area contributed by atoms with Crippen molar-refractivity contribution in [1.82, 2.24) is 10.2 Å². The number of rotatable bonds is 3. The van der Waals surface area contributed by atoms with Gasteiger partial charge in [-0.15, -0.1) is 0 Å². The van der Waals surface area contributed by atoms with Crippen LogP contribution in [0.1, 0.15) is 42.7 Å². The van der Waals surface area contributed by atoms with E-state index < -0.39 is 0 Å². The zero-order valence-electron chi connectivity index (χ0n) is 11.5. The highest BCUT2D eigenvalue weighted by atomic mass is 19.1. The molecule has 0 saturated carbocycles. The zero-order valence-corrected chi connectivity index (χ0v) is 11.5. The average Bonchev–Trinajstić information content (AvgIpc) is 2.95. The van der Waals surface area contributed by atoms with Gasteiger partial charge in [0.25, 0.3) is 0 Å². The fraction of sp³-hybridized carbons (Fsp3) is 0.625. The van der Waals surface area contributed by atoms with Crippen molar-refractivity contribution >= 4 is 0 Å². The molecule has 0 unspecified atom stereocenters. The third-order valence-corrected chi connectivity index (χ3v) is 4.48. The molecule has 2 aliphatic heterocycles. The third-order valence-electron chi connectivity index (χ3n) is 4.48. The van der Waals surface area contributed by atoms with E-state index in [1.54, 1.807) is 6.07 Å². The Balaban J connectivity index is 1.69. The van der Waals surface area contributed by atoms with Gasteiger partial charge in [-0.25, -0.2) is 4.39 Å². The Kier molecular flexibility index (Phi) is 4.14. The predicted octanol–water partition coefficient (Wildman–Crippen LogP) is 2.89. The second-order valence-electron chi connectivity index (χ2n) is 5.86. The second-order valence-corrected chi connectivity index (χ2v) is 5.86. The zero-order chi connectivity index (χ0) is 13.1. The van der Waals surface area contributed by atoms with E-state index in [0.717, 1.165) is 51.1 Å². The van der Waals surface area contributed by atoms with Crippen molar-refractivity contribution in [2.45, 2.75) is 38.1 Å². The first-order valence-electron chi connectivity index (χ1n) is 7.54. The summed E-state index contributed by atoms with van der Waals surface area (Å²) in [6, 6.07) is 5.93. The molecule has 19 heavy (non-hydrogen) atoms. The van der Waals surface area contributed by atoms with E-state index in [2.05, 4.69) is 16.3 Å². The van der Waals surface area contributed by atoms with Crippen LogP contribution in [0.2, 0.25) is 0 Å². The summed E-state index contributed by atoms with van der Waals surface area (Å²) in [6.45, 7) is 5.13. The van der Waals surface area contributed by atoms with Gasteiger partial charge in [0.2, 0.25) is 0 Å². The number of piperidine rings is 1. The minimum Gasteiger partial charge on any atom is -0.317 e. The van der Waals surface area contributed by atoms with Gasteiger partial charge in [0.05, 0.1) is 0 Å². The molecule has 2 saturated heterocycles. The molecule has 0 spiro atoms.